The van der Waals surface area contributed by atoms with Crippen molar-refractivity contribution in [1.82, 2.24) is 15.1 Å². The molecule has 2 aliphatic heterocycles. The highest BCUT2D eigenvalue weighted by Gasteiger charge is 2.44. The third-order valence-corrected chi connectivity index (χ3v) is 5.22. The van der Waals surface area contributed by atoms with Crippen LogP contribution >= 0.6 is 0 Å². The zero-order valence-electron chi connectivity index (χ0n) is 13.6. The van der Waals surface area contributed by atoms with E-state index in [2.05, 4.69) is 31.0 Å². The van der Waals surface area contributed by atoms with Gasteiger partial charge < -0.3 is 9.80 Å². The molecule has 0 aromatic heterocycles. The van der Waals surface area contributed by atoms with Crippen LogP contribution in [0.5, 0.6) is 0 Å². The van der Waals surface area contributed by atoms with E-state index in [-0.39, 0.29) is 17.6 Å². The Morgan fingerprint density at radius 3 is 2.65 bits per heavy atom. The number of nitrogens with one attached hydrogen (secondary N) is 1. The number of amides is 1. The van der Waals surface area contributed by atoms with E-state index in [1.807, 2.05) is 11.8 Å². The van der Waals surface area contributed by atoms with Gasteiger partial charge in [-0.2, -0.15) is 0 Å². The largest absolute Gasteiger partial charge is 0.326 e. The number of nitrogens with zero attached hydrogens (tertiary/aromatic N) is 2. The Morgan fingerprint density at radius 2 is 2.05 bits per heavy atom. The molecule has 4 nitrogen and oxygen atoms in total. The van der Waals surface area contributed by atoms with E-state index in [9.17, 15) is 4.79 Å². The molecule has 2 aliphatic rings. The number of rotatable bonds is 5. The SMILES string of the molecule is CCC1(C)NC(C)N(CCCN2CCCCC2C)C1=O. The molecule has 2 heterocycles. The van der Waals surface area contributed by atoms with Crippen molar-refractivity contribution in [3.63, 3.8) is 0 Å². The molecule has 0 saturated carbocycles. The number of carbonyl (C=O) groups excluding carboxylic acids is 1. The highest BCUT2D eigenvalue weighted by Crippen LogP contribution is 2.24. The lowest BCUT2D eigenvalue weighted by Gasteiger charge is -2.34. The van der Waals surface area contributed by atoms with E-state index >= 15 is 0 Å². The summed E-state index contributed by atoms with van der Waals surface area (Å²) in [4.78, 5) is 17.1. The van der Waals surface area contributed by atoms with Gasteiger partial charge in [-0.3, -0.25) is 10.1 Å². The maximum atomic E-state index is 12.5. The van der Waals surface area contributed by atoms with Crippen LogP contribution in [0.2, 0.25) is 0 Å². The Labute approximate surface area is 123 Å². The van der Waals surface area contributed by atoms with Crippen molar-refractivity contribution in [2.24, 2.45) is 0 Å². The molecular formula is C16H31N3O. The summed E-state index contributed by atoms with van der Waals surface area (Å²) < 4.78 is 0. The molecule has 1 N–H and O–H groups in total. The van der Waals surface area contributed by atoms with E-state index in [4.69, 9.17) is 0 Å². The predicted octanol–water partition coefficient (Wildman–Crippen LogP) is 2.20. The molecule has 0 aliphatic carbocycles. The summed E-state index contributed by atoms with van der Waals surface area (Å²) in [5.74, 6) is 0.277. The summed E-state index contributed by atoms with van der Waals surface area (Å²) in [5, 5.41) is 3.44. The van der Waals surface area contributed by atoms with Crippen molar-refractivity contribution in [2.75, 3.05) is 19.6 Å². The highest BCUT2D eigenvalue weighted by molar-refractivity contribution is 5.88. The second kappa shape index (κ2) is 6.44. The van der Waals surface area contributed by atoms with Gasteiger partial charge in [0.05, 0.1) is 11.7 Å². The number of likely N-dealkylation sites (tertiary alicyclic amines) is 1. The molecule has 2 rings (SSSR count). The minimum absolute atomic E-state index is 0.172. The van der Waals surface area contributed by atoms with E-state index in [1.165, 1.54) is 25.8 Å². The Balaban J connectivity index is 1.80. The molecule has 1 amide bonds. The standard InChI is InChI=1S/C16H31N3O/c1-5-16(4)15(20)19(14(3)17-16)12-8-11-18-10-7-6-9-13(18)2/h13-14,17H,5-12H2,1-4H3. The van der Waals surface area contributed by atoms with Crippen molar-refractivity contribution in [3.8, 4) is 0 Å². The Bertz CT molecular complexity index is 347. The second-order valence-corrected chi connectivity index (χ2v) is 6.74. The van der Waals surface area contributed by atoms with Crippen LogP contribution in [0.25, 0.3) is 0 Å². The molecule has 116 valence electrons. The van der Waals surface area contributed by atoms with Gasteiger partial charge in [-0.15, -0.1) is 0 Å². The van der Waals surface area contributed by atoms with E-state index in [0.717, 1.165) is 32.0 Å². The van der Waals surface area contributed by atoms with Gasteiger partial charge in [0.15, 0.2) is 0 Å². The third-order valence-electron chi connectivity index (χ3n) is 5.22. The molecule has 0 aromatic carbocycles. The summed E-state index contributed by atoms with van der Waals surface area (Å²) in [6.45, 7) is 11.8. The van der Waals surface area contributed by atoms with Crippen LogP contribution in [0.1, 0.15) is 59.8 Å². The topological polar surface area (TPSA) is 35.6 Å². The van der Waals surface area contributed by atoms with Crippen LogP contribution in [0.3, 0.4) is 0 Å². The van der Waals surface area contributed by atoms with Crippen LogP contribution in [0.4, 0.5) is 0 Å². The zero-order chi connectivity index (χ0) is 14.8. The van der Waals surface area contributed by atoms with Gasteiger partial charge in [0.1, 0.15) is 0 Å². The number of carbonyl (C=O) groups is 1. The first-order valence-electron chi connectivity index (χ1n) is 8.31. The van der Waals surface area contributed by atoms with E-state index in [0.29, 0.717) is 0 Å². The number of hydrogen-bond donors (Lipinski definition) is 1. The van der Waals surface area contributed by atoms with Crippen molar-refractivity contribution in [2.45, 2.75) is 77.5 Å². The summed E-state index contributed by atoms with van der Waals surface area (Å²) in [5.41, 5.74) is -0.349. The molecule has 20 heavy (non-hydrogen) atoms. The molecule has 0 bridgehead atoms. The molecule has 2 saturated heterocycles. The van der Waals surface area contributed by atoms with Gasteiger partial charge in [0.25, 0.3) is 0 Å². The summed E-state index contributed by atoms with van der Waals surface area (Å²) in [7, 11) is 0. The van der Waals surface area contributed by atoms with Crippen molar-refractivity contribution >= 4 is 5.91 Å². The van der Waals surface area contributed by atoms with Gasteiger partial charge in [-0.25, -0.2) is 0 Å². The van der Waals surface area contributed by atoms with Crippen LogP contribution in [0.15, 0.2) is 0 Å². The van der Waals surface area contributed by atoms with Gasteiger partial charge in [0, 0.05) is 19.1 Å². The number of piperidine rings is 1. The lowest BCUT2D eigenvalue weighted by molar-refractivity contribution is -0.132. The zero-order valence-corrected chi connectivity index (χ0v) is 13.6. The van der Waals surface area contributed by atoms with Gasteiger partial charge in [-0.05, 0) is 53.0 Å². The minimum Gasteiger partial charge on any atom is -0.326 e. The van der Waals surface area contributed by atoms with Gasteiger partial charge >= 0.3 is 0 Å². The fourth-order valence-electron chi connectivity index (χ4n) is 3.58. The number of hydrogen-bond acceptors (Lipinski definition) is 3. The lowest BCUT2D eigenvalue weighted by Crippen LogP contribution is -2.43. The molecule has 4 heteroatoms. The normalized spacial score (nSPS) is 35.8. The van der Waals surface area contributed by atoms with Crippen LogP contribution in [-0.2, 0) is 4.79 Å². The smallest absolute Gasteiger partial charge is 0.243 e. The predicted molar refractivity (Wildman–Crippen MR) is 82.5 cm³/mol. The first-order chi connectivity index (χ1) is 9.48. The van der Waals surface area contributed by atoms with E-state index < -0.39 is 0 Å². The fraction of sp³-hybridized carbons (Fsp3) is 0.938. The maximum Gasteiger partial charge on any atom is 0.243 e. The summed E-state index contributed by atoms with van der Waals surface area (Å²) in [6.07, 6.45) is 6.15. The Morgan fingerprint density at radius 1 is 1.30 bits per heavy atom. The van der Waals surface area contributed by atoms with Crippen LogP contribution in [-0.4, -0.2) is 53.1 Å². The molecule has 0 radical (unpaired) electrons. The van der Waals surface area contributed by atoms with Gasteiger partial charge in [0.2, 0.25) is 5.91 Å². The quantitative estimate of drug-likeness (QED) is 0.839. The first kappa shape index (κ1) is 15.8. The molecule has 0 spiro atoms. The third kappa shape index (κ3) is 3.17. The molecule has 2 fully saturated rings. The maximum absolute atomic E-state index is 12.5. The Hall–Kier alpha value is -0.610. The minimum atomic E-state index is -0.349. The monoisotopic (exact) mass is 281 g/mol. The first-order valence-corrected chi connectivity index (χ1v) is 8.31. The lowest BCUT2D eigenvalue weighted by atomic mass is 9.99. The van der Waals surface area contributed by atoms with Crippen molar-refractivity contribution in [3.05, 3.63) is 0 Å². The van der Waals surface area contributed by atoms with Crippen molar-refractivity contribution in [1.29, 1.82) is 0 Å². The molecular weight excluding hydrogens is 250 g/mol. The van der Waals surface area contributed by atoms with Gasteiger partial charge in [-0.1, -0.05) is 13.3 Å². The average Bonchev–Trinajstić information content (AvgIpc) is 2.65. The van der Waals surface area contributed by atoms with Crippen LogP contribution in [0, 0.1) is 0 Å². The fourth-order valence-corrected chi connectivity index (χ4v) is 3.58. The second-order valence-electron chi connectivity index (χ2n) is 6.74. The molecule has 3 unspecified atom stereocenters. The molecule has 3 atom stereocenters. The van der Waals surface area contributed by atoms with Crippen molar-refractivity contribution < 1.29 is 4.79 Å². The average molecular weight is 281 g/mol. The van der Waals surface area contributed by atoms with Crippen LogP contribution < -0.4 is 5.32 Å². The molecule has 0 aromatic rings. The summed E-state index contributed by atoms with van der Waals surface area (Å²) in [6, 6.07) is 0.717. The van der Waals surface area contributed by atoms with E-state index in [1.54, 1.807) is 0 Å². The Kier molecular flexibility index (Phi) is 5.08. The summed E-state index contributed by atoms with van der Waals surface area (Å²) >= 11 is 0. The highest BCUT2D eigenvalue weighted by atomic mass is 16.2.